The number of imide groups is 1. The third-order valence-corrected chi connectivity index (χ3v) is 2.38. The molecule has 1 fully saturated rings. The topological polar surface area (TPSA) is 87.2 Å². The molecule has 0 unspecified atom stereocenters. The van der Waals surface area contributed by atoms with Gasteiger partial charge in [-0.2, -0.15) is 0 Å². The minimum Gasteiger partial charge on any atom is -0.448 e. The predicted molar refractivity (Wildman–Crippen MR) is 58.2 cm³/mol. The molecule has 0 aromatic heterocycles. The van der Waals surface area contributed by atoms with Crippen molar-refractivity contribution in [1.82, 2.24) is 9.96 Å². The summed E-state index contributed by atoms with van der Waals surface area (Å²) < 4.78 is 0. The maximum Gasteiger partial charge on any atom is 0.531 e. The molecule has 0 radical (unpaired) electrons. The predicted octanol–water partition coefficient (Wildman–Crippen LogP) is 1.06. The van der Waals surface area contributed by atoms with Gasteiger partial charge >= 0.3 is 12.2 Å². The fraction of sp³-hybridized carbons (Fsp3) is 0.182. The third kappa shape index (κ3) is 2.40. The number of rotatable bonds is 3. The van der Waals surface area contributed by atoms with E-state index in [1.165, 1.54) is 4.90 Å². The number of hydrogen-bond donors (Lipinski definition) is 1. The van der Waals surface area contributed by atoms with E-state index in [2.05, 4.69) is 4.84 Å². The second-order valence-electron chi connectivity index (χ2n) is 3.67. The number of urea groups is 1. The number of hydrogen-bond acceptors (Lipinski definition) is 4. The molecule has 1 aliphatic heterocycles. The lowest BCUT2D eigenvalue weighted by Gasteiger charge is -2.14. The Bertz CT molecular complexity index is 487. The molecule has 0 saturated carbocycles. The highest BCUT2D eigenvalue weighted by atomic mass is 16.8. The molecule has 1 aliphatic rings. The molecule has 18 heavy (non-hydrogen) atoms. The molecule has 2 rings (SSSR count). The van der Waals surface area contributed by atoms with Gasteiger partial charge in [-0.25, -0.2) is 9.59 Å². The molecule has 0 spiro atoms. The van der Waals surface area contributed by atoms with Crippen molar-refractivity contribution in [2.75, 3.05) is 6.54 Å². The first-order chi connectivity index (χ1) is 8.58. The first-order valence-corrected chi connectivity index (χ1v) is 5.14. The minimum absolute atomic E-state index is 0.193. The van der Waals surface area contributed by atoms with Gasteiger partial charge in [0, 0.05) is 6.54 Å². The van der Waals surface area contributed by atoms with E-state index in [1.807, 2.05) is 18.2 Å². The van der Waals surface area contributed by atoms with Crippen LogP contribution in [-0.2, 0) is 16.2 Å². The van der Waals surface area contributed by atoms with E-state index in [0.717, 1.165) is 5.56 Å². The highest BCUT2D eigenvalue weighted by molar-refractivity contribution is 6.01. The van der Waals surface area contributed by atoms with Crippen molar-refractivity contribution in [3.05, 3.63) is 35.9 Å². The number of nitrogens with zero attached hydrogens (tertiary/aromatic N) is 2. The second-order valence-corrected chi connectivity index (χ2v) is 3.67. The molecule has 1 aromatic carbocycles. The van der Waals surface area contributed by atoms with Crippen LogP contribution in [-0.4, -0.2) is 39.7 Å². The molecular formula is C11H10N2O5. The highest BCUT2D eigenvalue weighted by Crippen LogP contribution is 2.14. The SMILES string of the molecule is O=C(O)ON1C(=O)CN(Cc2ccccc2)C1=O. The van der Waals surface area contributed by atoms with Gasteiger partial charge in [0.25, 0.3) is 5.91 Å². The minimum atomic E-state index is -1.70. The molecule has 1 heterocycles. The van der Waals surface area contributed by atoms with Crippen molar-refractivity contribution in [3.8, 4) is 0 Å². The van der Waals surface area contributed by atoms with Gasteiger partial charge in [0.05, 0.1) is 0 Å². The Morgan fingerprint density at radius 3 is 2.56 bits per heavy atom. The van der Waals surface area contributed by atoms with Gasteiger partial charge in [-0.1, -0.05) is 35.4 Å². The van der Waals surface area contributed by atoms with Crippen molar-refractivity contribution in [2.24, 2.45) is 0 Å². The smallest absolute Gasteiger partial charge is 0.448 e. The Kier molecular flexibility index (Phi) is 3.13. The number of carboxylic acid groups (broad SMARTS) is 1. The van der Waals surface area contributed by atoms with Crippen molar-refractivity contribution < 1.29 is 24.3 Å². The molecule has 0 bridgehead atoms. The summed E-state index contributed by atoms with van der Waals surface area (Å²) in [7, 11) is 0. The third-order valence-electron chi connectivity index (χ3n) is 2.38. The van der Waals surface area contributed by atoms with Gasteiger partial charge in [0.15, 0.2) is 0 Å². The van der Waals surface area contributed by atoms with Gasteiger partial charge in [0.2, 0.25) is 0 Å². The van der Waals surface area contributed by atoms with E-state index in [1.54, 1.807) is 12.1 Å². The largest absolute Gasteiger partial charge is 0.531 e. The summed E-state index contributed by atoms with van der Waals surface area (Å²) in [4.78, 5) is 38.7. The molecule has 1 saturated heterocycles. The summed E-state index contributed by atoms with van der Waals surface area (Å²) in [6, 6.07) is 8.29. The van der Waals surface area contributed by atoms with Crippen LogP contribution in [0.15, 0.2) is 30.3 Å². The van der Waals surface area contributed by atoms with Gasteiger partial charge in [0.1, 0.15) is 6.54 Å². The summed E-state index contributed by atoms with van der Waals surface area (Å²) in [5.74, 6) is -0.696. The monoisotopic (exact) mass is 250 g/mol. The molecule has 1 N–H and O–H groups in total. The molecule has 7 nitrogen and oxygen atoms in total. The molecule has 1 aromatic rings. The van der Waals surface area contributed by atoms with E-state index in [0.29, 0.717) is 0 Å². The summed E-state index contributed by atoms with van der Waals surface area (Å²) in [5, 5.41) is 8.65. The van der Waals surface area contributed by atoms with E-state index < -0.39 is 18.1 Å². The quantitative estimate of drug-likeness (QED) is 0.810. The fourth-order valence-electron chi connectivity index (χ4n) is 1.63. The Labute approximate surface area is 102 Å². The van der Waals surface area contributed by atoms with Crippen LogP contribution in [0, 0.1) is 0 Å². The van der Waals surface area contributed by atoms with E-state index in [9.17, 15) is 14.4 Å². The van der Waals surface area contributed by atoms with Crippen LogP contribution >= 0.6 is 0 Å². The Morgan fingerprint density at radius 1 is 1.28 bits per heavy atom. The number of benzene rings is 1. The summed E-state index contributed by atoms with van der Waals surface area (Å²) in [6.07, 6.45) is -1.70. The zero-order valence-electron chi connectivity index (χ0n) is 9.28. The fourth-order valence-corrected chi connectivity index (χ4v) is 1.63. The van der Waals surface area contributed by atoms with Gasteiger partial charge in [-0.3, -0.25) is 9.63 Å². The number of carbonyl (C=O) groups is 3. The van der Waals surface area contributed by atoms with Crippen molar-refractivity contribution >= 4 is 18.1 Å². The number of amides is 3. The van der Waals surface area contributed by atoms with Crippen molar-refractivity contribution in [2.45, 2.75) is 6.54 Å². The number of carbonyl (C=O) groups excluding carboxylic acids is 2. The Balaban J connectivity index is 2.06. The molecule has 7 heteroatoms. The normalized spacial score (nSPS) is 15.1. The van der Waals surface area contributed by atoms with E-state index in [-0.39, 0.29) is 18.2 Å². The van der Waals surface area contributed by atoms with Crippen molar-refractivity contribution in [1.29, 1.82) is 0 Å². The van der Waals surface area contributed by atoms with E-state index in [4.69, 9.17) is 5.11 Å². The number of hydroxylamine groups is 2. The Hall–Kier alpha value is -2.57. The van der Waals surface area contributed by atoms with Gasteiger partial charge in [-0.05, 0) is 5.56 Å². The maximum atomic E-state index is 11.7. The van der Waals surface area contributed by atoms with Crippen LogP contribution in [0.25, 0.3) is 0 Å². The molecule has 0 aliphatic carbocycles. The molecular weight excluding hydrogens is 240 g/mol. The Morgan fingerprint density at radius 2 is 1.94 bits per heavy atom. The van der Waals surface area contributed by atoms with Crippen LogP contribution in [0.1, 0.15) is 5.56 Å². The van der Waals surface area contributed by atoms with Crippen LogP contribution in [0.4, 0.5) is 9.59 Å². The van der Waals surface area contributed by atoms with Crippen LogP contribution in [0.3, 0.4) is 0 Å². The average Bonchev–Trinajstić information content (AvgIpc) is 2.58. The molecule has 3 amide bonds. The standard InChI is InChI=1S/C11H10N2O5/c14-9-7-12(6-8-4-2-1-3-5-8)10(15)13(9)18-11(16)17/h1-5H,6-7H2,(H,16,17). The zero-order chi connectivity index (χ0) is 13.1. The molecule has 94 valence electrons. The lowest BCUT2D eigenvalue weighted by atomic mass is 10.2. The average molecular weight is 250 g/mol. The summed E-state index contributed by atoms with van der Waals surface area (Å²) in [6.45, 7) is 0.0336. The van der Waals surface area contributed by atoms with Crippen molar-refractivity contribution in [3.63, 3.8) is 0 Å². The highest BCUT2D eigenvalue weighted by Gasteiger charge is 2.39. The lowest BCUT2D eigenvalue weighted by Crippen LogP contribution is -2.34. The van der Waals surface area contributed by atoms with E-state index >= 15 is 0 Å². The second kappa shape index (κ2) is 4.74. The zero-order valence-corrected chi connectivity index (χ0v) is 9.28. The first kappa shape index (κ1) is 11.9. The van der Waals surface area contributed by atoms with Crippen LogP contribution in [0.2, 0.25) is 0 Å². The summed E-state index contributed by atoms with van der Waals surface area (Å²) >= 11 is 0. The first-order valence-electron chi connectivity index (χ1n) is 5.14. The molecule has 0 atom stereocenters. The lowest BCUT2D eigenvalue weighted by molar-refractivity contribution is -0.150. The summed E-state index contributed by atoms with van der Waals surface area (Å²) in [5.41, 5.74) is 0.843. The van der Waals surface area contributed by atoms with Crippen LogP contribution in [0.5, 0.6) is 0 Å². The van der Waals surface area contributed by atoms with Gasteiger partial charge in [-0.15, -0.1) is 0 Å². The van der Waals surface area contributed by atoms with Crippen LogP contribution < -0.4 is 0 Å². The van der Waals surface area contributed by atoms with Gasteiger partial charge < -0.3 is 10.0 Å². The maximum absolute atomic E-state index is 11.7.